The van der Waals surface area contributed by atoms with Crippen LogP contribution >= 0.6 is 0 Å². The number of fused-ring (bicyclic) bond motifs is 2. The number of rotatable bonds is 4. The van der Waals surface area contributed by atoms with E-state index >= 15 is 0 Å². The molecule has 2 N–H and O–H groups in total. The summed E-state index contributed by atoms with van der Waals surface area (Å²) in [5, 5.41) is 23.2. The van der Waals surface area contributed by atoms with Crippen molar-refractivity contribution in [2.75, 3.05) is 26.7 Å². The Morgan fingerprint density at radius 2 is 2.23 bits per heavy atom. The summed E-state index contributed by atoms with van der Waals surface area (Å²) in [6.07, 6.45) is 3.38. The zero-order chi connectivity index (χ0) is 20.7. The number of aromatic hydroxyl groups is 1. The fourth-order valence-corrected chi connectivity index (χ4v) is 4.08. The molecule has 0 unspecified atom stereocenters. The first-order valence-electron chi connectivity index (χ1n) is 10.00. The molecule has 4 heterocycles. The zero-order valence-electron chi connectivity index (χ0n) is 16.9. The maximum absolute atomic E-state index is 10.8. The van der Waals surface area contributed by atoms with Gasteiger partial charge in [0.2, 0.25) is 0 Å². The van der Waals surface area contributed by atoms with E-state index in [9.17, 15) is 5.11 Å². The number of azo groups is 1. The van der Waals surface area contributed by atoms with Gasteiger partial charge in [0.15, 0.2) is 17.3 Å². The average molecular weight is 405 g/mol. The molecule has 2 aliphatic rings. The van der Waals surface area contributed by atoms with E-state index in [0.717, 1.165) is 36.5 Å². The molecule has 1 saturated heterocycles. The van der Waals surface area contributed by atoms with E-state index < -0.39 is 0 Å². The second kappa shape index (κ2) is 7.55. The lowest BCUT2D eigenvalue weighted by molar-refractivity contribution is 0.197. The van der Waals surface area contributed by atoms with Crippen LogP contribution in [0.3, 0.4) is 0 Å². The van der Waals surface area contributed by atoms with Gasteiger partial charge in [-0.1, -0.05) is 0 Å². The van der Waals surface area contributed by atoms with Crippen LogP contribution in [0.5, 0.6) is 11.5 Å². The maximum atomic E-state index is 10.8. The Kier molecular flexibility index (Phi) is 4.72. The lowest BCUT2D eigenvalue weighted by Crippen LogP contribution is -2.48. The fraction of sp³-hybridized carbons (Fsp3) is 0.318. The maximum Gasteiger partial charge on any atom is 0.183 e. The van der Waals surface area contributed by atoms with Gasteiger partial charge in [0.1, 0.15) is 17.0 Å². The predicted molar refractivity (Wildman–Crippen MR) is 114 cm³/mol. The predicted octanol–water partition coefficient (Wildman–Crippen LogP) is 3.93. The standard InChI is InChI=1S/C22H23N5O3/c1-13-11-27(9-8-23-13)12-16-18(29-2)6-5-15-20(28)19(30-21(15)16)10-17-14-4-3-7-24-22(14)26-25-17/h3-7,10,13,23,28H,8-9,11-12H2,1-2H3/t13-/m0/s1. The van der Waals surface area contributed by atoms with Crippen LogP contribution in [-0.2, 0) is 6.54 Å². The van der Waals surface area contributed by atoms with E-state index in [0.29, 0.717) is 40.8 Å². The molecule has 0 radical (unpaired) electrons. The van der Waals surface area contributed by atoms with Gasteiger partial charge in [0, 0.05) is 50.1 Å². The number of benzene rings is 1. The Balaban J connectivity index is 1.57. The van der Waals surface area contributed by atoms with Crippen LogP contribution in [0.25, 0.3) is 22.7 Å². The first-order chi connectivity index (χ1) is 14.6. The average Bonchev–Trinajstić information content (AvgIpc) is 3.30. The van der Waals surface area contributed by atoms with Crippen LogP contribution in [0.4, 0.5) is 5.82 Å². The van der Waals surface area contributed by atoms with Crippen molar-refractivity contribution < 1.29 is 14.3 Å². The number of hydrogen-bond acceptors (Lipinski definition) is 8. The summed E-state index contributed by atoms with van der Waals surface area (Å²) in [5.74, 6) is 1.74. The molecule has 2 aromatic heterocycles. The molecular weight excluding hydrogens is 382 g/mol. The van der Waals surface area contributed by atoms with Gasteiger partial charge >= 0.3 is 0 Å². The number of nitrogens with zero attached hydrogens (tertiary/aromatic N) is 4. The van der Waals surface area contributed by atoms with Crippen LogP contribution in [0.15, 0.2) is 45.1 Å². The van der Waals surface area contributed by atoms with Crippen molar-refractivity contribution in [3.63, 3.8) is 0 Å². The number of piperazine rings is 1. The number of pyridine rings is 1. The Labute approximate surface area is 173 Å². The van der Waals surface area contributed by atoms with Crippen molar-refractivity contribution in [3.05, 3.63) is 47.3 Å². The molecule has 154 valence electrons. The van der Waals surface area contributed by atoms with Crippen molar-refractivity contribution >= 4 is 28.6 Å². The van der Waals surface area contributed by atoms with Crippen molar-refractivity contribution in [1.29, 1.82) is 0 Å². The molecule has 0 amide bonds. The van der Waals surface area contributed by atoms with Gasteiger partial charge in [-0.15, -0.1) is 10.2 Å². The summed E-state index contributed by atoms with van der Waals surface area (Å²) in [6, 6.07) is 7.86. The summed E-state index contributed by atoms with van der Waals surface area (Å²) in [7, 11) is 1.65. The second-order valence-electron chi connectivity index (χ2n) is 7.63. The molecule has 0 aliphatic carbocycles. The normalized spacial score (nSPS) is 20.2. The van der Waals surface area contributed by atoms with E-state index in [1.54, 1.807) is 19.4 Å². The summed E-state index contributed by atoms with van der Waals surface area (Å²) in [4.78, 5) is 6.57. The van der Waals surface area contributed by atoms with E-state index in [-0.39, 0.29) is 5.75 Å². The number of hydrogen-bond donors (Lipinski definition) is 2. The Morgan fingerprint density at radius 1 is 1.33 bits per heavy atom. The molecule has 5 rings (SSSR count). The smallest absolute Gasteiger partial charge is 0.183 e. The molecule has 2 aliphatic heterocycles. The third-order valence-corrected chi connectivity index (χ3v) is 5.56. The van der Waals surface area contributed by atoms with Gasteiger partial charge in [0.05, 0.1) is 18.1 Å². The van der Waals surface area contributed by atoms with Crippen molar-refractivity contribution in [2.24, 2.45) is 10.2 Å². The zero-order valence-corrected chi connectivity index (χ0v) is 16.9. The van der Waals surface area contributed by atoms with Gasteiger partial charge in [-0.05, 0) is 31.2 Å². The summed E-state index contributed by atoms with van der Waals surface area (Å²) in [6.45, 7) is 5.68. The van der Waals surface area contributed by atoms with E-state index in [4.69, 9.17) is 9.15 Å². The van der Waals surface area contributed by atoms with Crippen LogP contribution in [0.2, 0.25) is 0 Å². The Morgan fingerprint density at radius 3 is 3.07 bits per heavy atom. The molecule has 0 spiro atoms. The van der Waals surface area contributed by atoms with Crippen LogP contribution in [0.1, 0.15) is 23.8 Å². The Bertz CT molecular complexity index is 1170. The first-order valence-corrected chi connectivity index (χ1v) is 10.00. The second-order valence-corrected chi connectivity index (χ2v) is 7.63. The highest BCUT2D eigenvalue weighted by molar-refractivity contribution is 5.94. The SMILES string of the molecule is COc1ccc2c(O)c(C=C3N=Nc4ncccc43)oc2c1CN1CCN[C@@H](C)C1. The number of ether oxygens (including phenoxy) is 1. The highest BCUT2D eigenvalue weighted by Crippen LogP contribution is 2.41. The fourth-order valence-electron chi connectivity index (χ4n) is 4.08. The minimum Gasteiger partial charge on any atom is -0.504 e. The number of methoxy groups -OCH3 is 1. The van der Waals surface area contributed by atoms with Crippen molar-refractivity contribution in [3.8, 4) is 11.5 Å². The summed E-state index contributed by atoms with van der Waals surface area (Å²) >= 11 is 0. The molecule has 3 aromatic rings. The largest absolute Gasteiger partial charge is 0.504 e. The van der Waals surface area contributed by atoms with Crippen molar-refractivity contribution in [1.82, 2.24) is 15.2 Å². The monoisotopic (exact) mass is 405 g/mol. The quantitative estimate of drug-likeness (QED) is 0.683. The molecule has 1 atom stereocenters. The van der Waals surface area contributed by atoms with E-state index in [1.807, 2.05) is 24.3 Å². The number of furan rings is 1. The molecule has 8 nitrogen and oxygen atoms in total. The molecule has 0 saturated carbocycles. The highest BCUT2D eigenvalue weighted by atomic mass is 16.5. The minimum absolute atomic E-state index is 0.0858. The summed E-state index contributed by atoms with van der Waals surface area (Å²) in [5.41, 5.74) is 2.98. The molecule has 0 bridgehead atoms. The molecule has 30 heavy (non-hydrogen) atoms. The topological polar surface area (TPSA) is 95.5 Å². The first kappa shape index (κ1) is 18.8. The van der Waals surface area contributed by atoms with E-state index in [1.165, 1.54) is 0 Å². The highest BCUT2D eigenvalue weighted by Gasteiger charge is 2.24. The van der Waals surface area contributed by atoms with Crippen LogP contribution in [-0.4, -0.2) is 47.8 Å². The Hall–Kier alpha value is -3.23. The van der Waals surface area contributed by atoms with Crippen molar-refractivity contribution in [2.45, 2.75) is 19.5 Å². The van der Waals surface area contributed by atoms with Gasteiger partial charge < -0.3 is 19.6 Å². The minimum atomic E-state index is 0.0858. The van der Waals surface area contributed by atoms with Crippen LogP contribution < -0.4 is 10.1 Å². The van der Waals surface area contributed by atoms with Gasteiger partial charge in [-0.2, -0.15) is 0 Å². The van der Waals surface area contributed by atoms with Gasteiger partial charge in [-0.25, -0.2) is 4.98 Å². The molecule has 8 heteroatoms. The van der Waals surface area contributed by atoms with E-state index in [2.05, 4.69) is 32.4 Å². The van der Waals surface area contributed by atoms with Gasteiger partial charge in [0.25, 0.3) is 0 Å². The van der Waals surface area contributed by atoms with Crippen LogP contribution in [0, 0.1) is 0 Å². The third kappa shape index (κ3) is 3.24. The number of aromatic nitrogens is 1. The molecule has 1 fully saturated rings. The molecule has 1 aromatic carbocycles. The lowest BCUT2D eigenvalue weighted by Gasteiger charge is -2.32. The molecular formula is C22H23N5O3. The van der Waals surface area contributed by atoms with Gasteiger partial charge in [-0.3, -0.25) is 4.90 Å². The third-order valence-electron chi connectivity index (χ3n) is 5.56. The summed E-state index contributed by atoms with van der Waals surface area (Å²) < 4.78 is 11.8. The lowest BCUT2D eigenvalue weighted by atomic mass is 10.1. The number of nitrogens with one attached hydrogen (secondary N) is 1.